The number of nitrogens with one attached hydrogen (secondary N) is 1. The van der Waals surface area contributed by atoms with E-state index < -0.39 is 0 Å². The number of ether oxygens (including phenoxy) is 1. The van der Waals surface area contributed by atoms with Crippen molar-refractivity contribution < 1.29 is 9.53 Å². The normalized spacial score (nSPS) is 25.0. The van der Waals surface area contributed by atoms with Crippen molar-refractivity contribution in [1.82, 2.24) is 5.32 Å². The second-order valence-corrected chi connectivity index (χ2v) is 6.22. The van der Waals surface area contributed by atoms with Gasteiger partial charge in [0.05, 0.1) is 11.6 Å². The highest BCUT2D eigenvalue weighted by Crippen LogP contribution is 2.30. The maximum absolute atomic E-state index is 12.3. The van der Waals surface area contributed by atoms with Gasteiger partial charge in [-0.2, -0.15) is 0 Å². The number of hydrogen-bond acceptors (Lipinski definition) is 3. The van der Waals surface area contributed by atoms with E-state index >= 15 is 0 Å². The van der Waals surface area contributed by atoms with Gasteiger partial charge >= 0.3 is 0 Å². The fourth-order valence-electron chi connectivity index (χ4n) is 3.17. The average molecular weight is 304 g/mol. The summed E-state index contributed by atoms with van der Waals surface area (Å²) in [5, 5.41) is 3.41. The number of amides is 1. The van der Waals surface area contributed by atoms with Gasteiger partial charge in [0.1, 0.15) is 0 Å². The summed E-state index contributed by atoms with van der Waals surface area (Å²) in [5.41, 5.74) is 0.599. The number of carbonyl (C=O) groups is 1. The molecular weight excluding hydrogens is 276 g/mol. The molecule has 1 N–H and O–H groups in total. The highest BCUT2D eigenvalue weighted by atomic mass is 16.5. The van der Waals surface area contributed by atoms with Gasteiger partial charge < -0.3 is 15.0 Å². The third-order valence-electron chi connectivity index (χ3n) is 4.39. The van der Waals surface area contributed by atoms with Crippen LogP contribution in [0, 0.1) is 0 Å². The molecule has 1 aliphatic heterocycles. The SMILES string of the molecule is CCCCOC1(C)CNCCC1N(C(C)=O)c1ccccc1. The van der Waals surface area contributed by atoms with E-state index in [-0.39, 0.29) is 17.6 Å². The zero-order chi connectivity index (χ0) is 16.0. The van der Waals surface area contributed by atoms with Gasteiger partial charge in [0, 0.05) is 25.8 Å². The Hall–Kier alpha value is -1.39. The van der Waals surface area contributed by atoms with E-state index in [1.165, 1.54) is 0 Å². The van der Waals surface area contributed by atoms with E-state index in [0.717, 1.165) is 44.6 Å². The minimum atomic E-state index is -0.352. The zero-order valence-electron chi connectivity index (χ0n) is 14.0. The van der Waals surface area contributed by atoms with Crippen molar-refractivity contribution >= 4 is 11.6 Å². The third-order valence-corrected chi connectivity index (χ3v) is 4.39. The highest BCUT2D eigenvalue weighted by Gasteiger charge is 2.42. The molecule has 1 aromatic rings. The molecule has 2 atom stereocenters. The fourth-order valence-corrected chi connectivity index (χ4v) is 3.17. The number of hydrogen-bond donors (Lipinski definition) is 1. The number of anilines is 1. The van der Waals surface area contributed by atoms with Gasteiger partial charge in [-0.05, 0) is 38.4 Å². The fraction of sp³-hybridized carbons (Fsp3) is 0.611. The molecule has 0 saturated carbocycles. The Morgan fingerprint density at radius 3 is 2.77 bits per heavy atom. The molecule has 1 aromatic carbocycles. The van der Waals surface area contributed by atoms with Crippen molar-refractivity contribution in [2.75, 3.05) is 24.6 Å². The van der Waals surface area contributed by atoms with Gasteiger partial charge in [-0.1, -0.05) is 31.5 Å². The molecule has 4 nitrogen and oxygen atoms in total. The summed E-state index contributed by atoms with van der Waals surface area (Å²) in [6.07, 6.45) is 3.06. The second kappa shape index (κ2) is 7.75. The van der Waals surface area contributed by atoms with Crippen molar-refractivity contribution in [1.29, 1.82) is 0 Å². The number of carbonyl (C=O) groups excluding carboxylic acids is 1. The molecule has 0 bridgehead atoms. The predicted molar refractivity (Wildman–Crippen MR) is 90.1 cm³/mol. The Kier molecular flexibility index (Phi) is 5.98. The first-order valence-electron chi connectivity index (χ1n) is 8.28. The van der Waals surface area contributed by atoms with Crippen LogP contribution in [0.1, 0.15) is 40.0 Å². The maximum atomic E-state index is 12.3. The zero-order valence-corrected chi connectivity index (χ0v) is 14.0. The third kappa shape index (κ3) is 3.87. The van der Waals surface area contributed by atoms with Crippen molar-refractivity contribution in [2.24, 2.45) is 0 Å². The number of piperidine rings is 1. The summed E-state index contributed by atoms with van der Waals surface area (Å²) in [6, 6.07) is 9.97. The van der Waals surface area contributed by atoms with E-state index in [2.05, 4.69) is 19.2 Å². The van der Waals surface area contributed by atoms with Gasteiger partial charge in [0.15, 0.2) is 0 Å². The number of rotatable bonds is 6. The van der Waals surface area contributed by atoms with Crippen molar-refractivity contribution in [3.63, 3.8) is 0 Å². The number of unbranched alkanes of at least 4 members (excludes halogenated alkanes) is 1. The first-order chi connectivity index (χ1) is 10.6. The topological polar surface area (TPSA) is 41.6 Å². The van der Waals surface area contributed by atoms with Crippen molar-refractivity contribution in [3.05, 3.63) is 30.3 Å². The lowest BCUT2D eigenvalue weighted by atomic mass is 9.88. The Bertz CT molecular complexity index is 477. The molecule has 0 radical (unpaired) electrons. The first kappa shape index (κ1) is 17.0. The summed E-state index contributed by atoms with van der Waals surface area (Å²) >= 11 is 0. The minimum absolute atomic E-state index is 0.0607. The lowest BCUT2D eigenvalue weighted by Crippen LogP contribution is -2.62. The Morgan fingerprint density at radius 2 is 2.14 bits per heavy atom. The molecular formula is C18H28N2O2. The average Bonchev–Trinajstić information content (AvgIpc) is 2.51. The van der Waals surface area contributed by atoms with Crippen LogP contribution in [-0.4, -0.2) is 37.2 Å². The van der Waals surface area contributed by atoms with E-state index in [9.17, 15) is 4.79 Å². The van der Waals surface area contributed by atoms with Crippen molar-refractivity contribution in [3.8, 4) is 0 Å². The molecule has 0 spiro atoms. The quantitative estimate of drug-likeness (QED) is 0.822. The predicted octanol–water partition coefficient (Wildman–Crippen LogP) is 2.98. The van der Waals surface area contributed by atoms with Crippen LogP contribution in [0.5, 0.6) is 0 Å². The molecule has 1 fully saturated rings. The summed E-state index contributed by atoms with van der Waals surface area (Å²) in [4.78, 5) is 14.2. The monoisotopic (exact) mass is 304 g/mol. The molecule has 4 heteroatoms. The smallest absolute Gasteiger partial charge is 0.224 e. The van der Waals surface area contributed by atoms with E-state index in [4.69, 9.17) is 4.74 Å². The van der Waals surface area contributed by atoms with Gasteiger partial charge in [0.2, 0.25) is 5.91 Å². The standard InChI is InChI=1S/C18H28N2O2/c1-4-5-13-22-18(3)14-19-12-11-17(18)20(15(2)21)16-9-7-6-8-10-16/h6-10,17,19H,4-5,11-14H2,1-3H3. The lowest BCUT2D eigenvalue weighted by molar-refractivity contribution is -0.120. The molecule has 1 heterocycles. The summed E-state index contributed by atoms with van der Waals surface area (Å²) in [5.74, 6) is 0.0726. The molecule has 2 rings (SSSR count). The van der Waals surface area contributed by atoms with Crippen LogP contribution >= 0.6 is 0 Å². The van der Waals surface area contributed by atoms with Crippen LogP contribution in [0.2, 0.25) is 0 Å². The van der Waals surface area contributed by atoms with E-state index in [1.54, 1.807) is 6.92 Å². The molecule has 22 heavy (non-hydrogen) atoms. The highest BCUT2D eigenvalue weighted by molar-refractivity contribution is 5.92. The number of benzene rings is 1. The molecule has 1 amide bonds. The van der Waals surface area contributed by atoms with Gasteiger partial charge in [-0.25, -0.2) is 0 Å². The molecule has 2 unspecified atom stereocenters. The van der Waals surface area contributed by atoms with Crippen LogP contribution in [0.25, 0.3) is 0 Å². The van der Waals surface area contributed by atoms with Crippen LogP contribution in [0.3, 0.4) is 0 Å². The Labute approximate surface area is 133 Å². The Balaban J connectivity index is 2.25. The van der Waals surface area contributed by atoms with E-state index in [1.807, 2.05) is 35.2 Å². The van der Waals surface area contributed by atoms with Gasteiger partial charge in [-0.3, -0.25) is 4.79 Å². The van der Waals surface area contributed by atoms with Crippen LogP contribution in [0.4, 0.5) is 5.69 Å². The molecule has 1 saturated heterocycles. The van der Waals surface area contributed by atoms with Crippen LogP contribution < -0.4 is 10.2 Å². The lowest BCUT2D eigenvalue weighted by Gasteiger charge is -2.46. The van der Waals surface area contributed by atoms with Crippen LogP contribution in [0.15, 0.2) is 30.3 Å². The first-order valence-corrected chi connectivity index (χ1v) is 8.28. The molecule has 0 aliphatic carbocycles. The molecule has 1 aliphatic rings. The van der Waals surface area contributed by atoms with Gasteiger partial charge in [0.25, 0.3) is 0 Å². The minimum Gasteiger partial charge on any atom is -0.372 e. The summed E-state index contributed by atoms with van der Waals surface area (Å²) in [7, 11) is 0. The Morgan fingerprint density at radius 1 is 1.41 bits per heavy atom. The summed E-state index contributed by atoms with van der Waals surface area (Å²) < 4.78 is 6.22. The largest absolute Gasteiger partial charge is 0.372 e. The second-order valence-electron chi connectivity index (χ2n) is 6.22. The maximum Gasteiger partial charge on any atom is 0.224 e. The number of para-hydroxylation sites is 1. The summed E-state index contributed by atoms with van der Waals surface area (Å²) in [6.45, 7) is 8.35. The number of nitrogens with zero attached hydrogens (tertiary/aromatic N) is 1. The molecule has 0 aromatic heterocycles. The van der Waals surface area contributed by atoms with E-state index in [0.29, 0.717) is 0 Å². The molecule has 122 valence electrons. The van der Waals surface area contributed by atoms with Crippen LogP contribution in [-0.2, 0) is 9.53 Å². The van der Waals surface area contributed by atoms with Gasteiger partial charge in [-0.15, -0.1) is 0 Å². The van der Waals surface area contributed by atoms with Crippen molar-refractivity contribution in [2.45, 2.75) is 51.7 Å².